The van der Waals surface area contributed by atoms with Gasteiger partial charge < -0.3 is 9.84 Å². The SMILES string of the molecule is COc1ccc(-n2nc(C[C@H](C(=O)O)c3ccccc3C)cc2-c2ccc(Cl)c(Cl)c2)cc1. The molecule has 0 radical (unpaired) electrons. The Morgan fingerprint density at radius 2 is 1.76 bits per heavy atom. The molecule has 0 bridgehead atoms. The van der Waals surface area contributed by atoms with Gasteiger partial charge in [-0.15, -0.1) is 0 Å². The maximum absolute atomic E-state index is 12.2. The Hall–Kier alpha value is -3.28. The van der Waals surface area contributed by atoms with Crippen molar-refractivity contribution in [2.75, 3.05) is 7.11 Å². The Labute approximate surface area is 202 Å². The zero-order valence-corrected chi connectivity index (χ0v) is 19.6. The molecule has 0 unspecified atom stereocenters. The van der Waals surface area contributed by atoms with Gasteiger partial charge in [0.1, 0.15) is 5.75 Å². The second-order valence-electron chi connectivity index (χ2n) is 7.71. The van der Waals surface area contributed by atoms with Crippen molar-refractivity contribution in [1.82, 2.24) is 9.78 Å². The summed E-state index contributed by atoms with van der Waals surface area (Å²) in [6.07, 6.45) is 0.248. The number of rotatable bonds is 7. The summed E-state index contributed by atoms with van der Waals surface area (Å²) in [7, 11) is 1.61. The Morgan fingerprint density at radius 1 is 1.03 bits per heavy atom. The number of nitrogens with zero attached hydrogens (tertiary/aromatic N) is 2. The molecule has 5 nitrogen and oxygen atoms in total. The van der Waals surface area contributed by atoms with Crippen LogP contribution in [0.25, 0.3) is 16.9 Å². The van der Waals surface area contributed by atoms with Crippen molar-refractivity contribution in [3.8, 4) is 22.7 Å². The topological polar surface area (TPSA) is 64.4 Å². The minimum atomic E-state index is -0.889. The largest absolute Gasteiger partial charge is 0.497 e. The molecule has 4 aromatic rings. The number of hydrogen-bond donors (Lipinski definition) is 1. The van der Waals surface area contributed by atoms with Gasteiger partial charge in [0.2, 0.25) is 0 Å². The van der Waals surface area contributed by atoms with Gasteiger partial charge in [-0.1, -0.05) is 53.5 Å². The van der Waals surface area contributed by atoms with E-state index in [9.17, 15) is 9.90 Å². The van der Waals surface area contributed by atoms with Crippen LogP contribution in [-0.2, 0) is 11.2 Å². The number of aliphatic carboxylic acids is 1. The molecule has 4 rings (SSSR count). The molecule has 0 aliphatic carbocycles. The predicted molar refractivity (Wildman–Crippen MR) is 131 cm³/mol. The predicted octanol–water partition coefficient (Wildman–Crippen LogP) is 6.57. The van der Waals surface area contributed by atoms with Gasteiger partial charge in [-0.25, -0.2) is 4.68 Å². The van der Waals surface area contributed by atoms with Crippen molar-refractivity contribution in [2.24, 2.45) is 0 Å². The van der Waals surface area contributed by atoms with Crippen molar-refractivity contribution in [3.63, 3.8) is 0 Å². The van der Waals surface area contributed by atoms with Gasteiger partial charge in [-0.05, 0) is 60.5 Å². The first-order chi connectivity index (χ1) is 15.9. The molecule has 33 heavy (non-hydrogen) atoms. The third-order valence-electron chi connectivity index (χ3n) is 5.57. The Bertz CT molecular complexity index is 1300. The smallest absolute Gasteiger partial charge is 0.311 e. The average molecular weight is 481 g/mol. The lowest BCUT2D eigenvalue weighted by atomic mass is 9.91. The fourth-order valence-corrected chi connectivity index (χ4v) is 4.13. The number of halogens is 2. The van der Waals surface area contributed by atoms with Crippen molar-refractivity contribution >= 4 is 29.2 Å². The van der Waals surface area contributed by atoms with E-state index < -0.39 is 11.9 Å². The van der Waals surface area contributed by atoms with Gasteiger partial charge in [0.05, 0.1) is 40.1 Å². The fraction of sp³-hybridized carbons (Fsp3) is 0.154. The van der Waals surface area contributed by atoms with Crippen LogP contribution < -0.4 is 4.74 Å². The van der Waals surface area contributed by atoms with E-state index in [2.05, 4.69) is 0 Å². The maximum atomic E-state index is 12.2. The second-order valence-corrected chi connectivity index (χ2v) is 8.53. The highest BCUT2D eigenvalue weighted by Crippen LogP contribution is 2.32. The van der Waals surface area contributed by atoms with Crippen LogP contribution in [0.3, 0.4) is 0 Å². The molecule has 0 aliphatic rings. The highest BCUT2D eigenvalue weighted by atomic mass is 35.5. The number of carbonyl (C=O) groups is 1. The molecule has 1 atom stereocenters. The molecule has 0 amide bonds. The molecular weight excluding hydrogens is 459 g/mol. The Kier molecular flexibility index (Phi) is 6.72. The first-order valence-corrected chi connectivity index (χ1v) is 11.1. The minimum absolute atomic E-state index is 0.248. The van der Waals surface area contributed by atoms with Gasteiger partial charge in [0.25, 0.3) is 0 Å². The van der Waals surface area contributed by atoms with E-state index in [4.69, 9.17) is 33.0 Å². The minimum Gasteiger partial charge on any atom is -0.497 e. The number of benzene rings is 3. The van der Waals surface area contributed by atoms with Gasteiger partial charge in [-0.3, -0.25) is 4.79 Å². The summed E-state index contributed by atoms with van der Waals surface area (Å²) in [5, 5.41) is 15.6. The summed E-state index contributed by atoms with van der Waals surface area (Å²) in [5.74, 6) is -0.876. The number of ether oxygens (including phenoxy) is 1. The van der Waals surface area contributed by atoms with Crippen LogP contribution >= 0.6 is 23.2 Å². The number of hydrogen-bond acceptors (Lipinski definition) is 3. The molecule has 1 N–H and O–H groups in total. The molecule has 0 saturated carbocycles. The van der Waals surface area contributed by atoms with Gasteiger partial charge in [-0.2, -0.15) is 5.10 Å². The van der Waals surface area contributed by atoms with Gasteiger partial charge in [0, 0.05) is 12.0 Å². The number of carboxylic acids is 1. The second kappa shape index (κ2) is 9.69. The number of aryl methyl sites for hydroxylation is 1. The van der Waals surface area contributed by atoms with Crippen LogP contribution in [0.2, 0.25) is 10.0 Å². The number of methoxy groups -OCH3 is 1. The van der Waals surface area contributed by atoms with E-state index in [0.29, 0.717) is 15.7 Å². The first-order valence-electron chi connectivity index (χ1n) is 10.3. The maximum Gasteiger partial charge on any atom is 0.311 e. The molecule has 1 heterocycles. The molecule has 0 aliphatic heterocycles. The van der Waals surface area contributed by atoms with E-state index in [0.717, 1.165) is 33.8 Å². The molecule has 0 fully saturated rings. The van der Waals surface area contributed by atoms with Gasteiger partial charge in [0.15, 0.2) is 0 Å². The lowest BCUT2D eigenvalue weighted by Crippen LogP contribution is -2.16. The van der Waals surface area contributed by atoms with Crippen molar-refractivity contribution in [1.29, 1.82) is 0 Å². The normalized spacial score (nSPS) is 11.9. The number of aromatic nitrogens is 2. The molecule has 7 heteroatoms. The summed E-state index contributed by atoms with van der Waals surface area (Å²) in [6, 6.07) is 22.3. The first kappa shape index (κ1) is 22.9. The van der Waals surface area contributed by atoms with Crippen molar-refractivity contribution < 1.29 is 14.6 Å². The lowest BCUT2D eigenvalue weighted by molar-refractivity contribution is -0.138. The van der Waals surface area contributed by atoms with E-state index in [1.807, 2.05) is 67.6 Å². The average Bonchev–Trinajstić information content (AvgIpc) is 3.24. The van der Waals surface area contributed by atoms with Gasteiger partial charge >= 0.3 is 5.97 Å². The van der Waals surface area contributed by atoms with E-state index in [-0.39, 0.29) is 6.42 Å². The summed E-state index contributed by atoms with van der Waals surface area (Å²) in [6.45, 7) is 1.92. The van der Waals surface area contributed by atoms with Crippen LogP contribution in [0.5, 0.6) is 5.75 Å². The molecular formula is C26H22Cl2N2O3. The summed E-state index contributed by atoms with van der Waals surface area (Å²) in [5.41, 5.74) is 4.78. The monoisotopic (exact) mass is 480 g/mol. The van der Waals surface area contributed by atoms with Crippen LogP contribution in [0.1, 0.15) is 22.7 Å². The quantitative estimate of drug-likeness (QED) is 0.324. The standard InChI is InChI=1S/C26H22Cl2N2O3/c1-16-5-3-4-6-21(16)22(26(31)32)14-18-15-25(17-7-12-23(27)24(28)13-17)30(29-18)19-8-10-20(33-2)11-9-19/h3-13,15,22H,14H2,1-2H3,(H,31,32)/t22-/m0/s1. The highest BCUT2D eigenvalue weighted by molar-refractivity contribution is 6.42. The lowest BCUT2D eigenvalue weighted by Gasteiger charge is -2.14. The van der Waals surface area contributed by atoms with E-state index in [1.165, 1.54) is 0 Å². The summed E-state index contributed by atoms with van der Waals surface area (Å²) >= 11 is 12.4. The zero-order chi connectivity index (χ0) is 23.5. The van der Waals surface area contributed by atoms with Crippen molar-refractivity contribution in [2.45, 2.75) is 19.3 Å². The van der Waals surface area contributed by atoms with E-state index in [1.54, 1.807) is 23.9 Å². The van der Waals surface area contributed by atoms with Crippen LogP contribution in [0, 0.1) is 6.92 Å². The molecule has 168 valence electrons. The summed E-state index contributed by atoms with van der Waals surface area (Å²) < 4.78 is 7.05. The fourth-order valence-electron chi connectivity index (χ4n) is 3.83. The Balaban J connectivity index is 1.80. The van der Waals surface area contributed by atoms with Crippen LogP contribution in [0.4, 0.5) is 0 Å². The summed E-state index contributed by atoms with van der Waals surface area (Å²) in [4.78, 5) is 12.2. The van der Waals surface area contributed by atoms with Crippen molar-refractivity contribution in [3.05, 3.63) is 99.7 Å². The molecule has 0 spiro atoms. The molecule has 3 aromatic carbocycles. The van der Waals surface area contributed by atoms with Crippen LogP contribution in [-0.4, -0.2) is 28.0 Å². The molecule has 0 saturated heterocycles. The van der Waals surface area contributed by atoms with Crippen LogP contribution in [0.15, 0.2) is 72.8 Å². The third kappa shape index (κ3) is 4.90. The third-order valence-corrected chi connectivity index (χ3v) is 6.31. The Morgan fingerprint density at radius 3 is 2.39 bits per heavy atom. The molecule has 1 aromatic heterocycles. The zero-order valence-electron chi connectivity index (χ0n) is 18.1. The van der Waals surface area contributed by atoms with E-state index >= 15 is 0 Å². The highest BCUT2D eigenvalue weighted by Gasteiger charge is 2.24. The number of carboxylic acid groups (broad SMARTS) is 1.